The normalized spacial score (nSPS) is 16.7. The van der Waals surface area contributed by atoms with Gasteiger partial charge in [-0.05, 0) is 43.7 Å². The number of rotatable bonds is 1. The van der Waals surface area contributed by atoms with E-state index in [2.05, 4.69) is 19.1 Å². The van der Waals surface area contributed by atoms with Crippen molar-refractivity contribution >= 4 is 23.2 Å². The summed E-state index contributed by atoms with van der Waals surface area (Å²) in [5, 5.41) is 0. The van der Waals surface area contributed by atoms with Gasteiger partial charge in [-0.2, -0.15) is 0 Å². The van der Waals surface area contributed by atoms with Crippen molar-refractivity contribution in [1.29, 1.82) is 0 Å². The zero-order chi connectivity index (χ0) is 14.1. The third-order valence-corrected chi connectivity index (χ3v) is 4.39. The summed E-state index contributed by atoms with van der Waals surface area (Å²) in [6, 6.07) is 9.87. The number of hydrogen-bond donors (Lipinski definition) is 0. The summed E-state index contributed by atoms with van der Waals surface area (Å²) in [6.45, 7) is 4.60. The lowest BCUT2D eigenvalue weighted by atomic mass is 9.99. The van der Waals surface area contributed by atoms with Crippen LogP contribution >= 0.6 is 11.3 Å². The van der Waals surface area contributed by atoms with Gasteiger partial charge < -0.3 is 4.74 Å². The Morgan fingerprint density at radius 3 is 2.80 bits per heavy atom. The van der Waals surface area contributed by atoms with Gasteiger partial charge in [0, 0.05) is 21.7 Å². The summed E-state index contributed by atoms with van der Waals surface area (Å²) in [5.41, 5.74) is 2.53. The molecule has 0 N–H and O–H groups in total. The largest absolute Gasteiger partial charge is 0.492 e. The van der Waals surface area contributed by atoms with E-state index < -0.39 is 0 Å². The highest BCUT2D eigenvalue weighted by molar-refractivity contribution is 7.12. The van der Waals surface area contributed by atoms with E-state index in [1.54, 1.807) is 11.3 Å². The maximum Gasteiger partial charge on any atom is 0.192 e. The van der Waals surface area contributed by atoms with Gasteiger partial charge in [-0.3, -0.25) is 4.79 Å². The van der Waals surface area contributed by atoms with Crippen molar-refractivity contribution in [3.63, 3.8) is 0 Å². The second-order valence-electron chi connectivity index (χ2n) is 5.00. The number of para-hydroxylation sites is 1. The second kappa shape index (κ2) is 5.25. The quantitative estimate of drug-likeness (QED) is 0.725. The van der Waals surface area contributed by atoms with Gasteiger partial charge in [0.15, 0.2) is 5.78 Å². The molecule has 0 amide bonds. The van der Waals surface area contributed by atoms with Crippen LogP contribution in [0, 0.1) is 13.8 Å². The van der Waals surface area contributed by atoms with Crippen molar-refractivity contribution in [3.05, 3.63) is 56.8 Å². The molecule has 1 aliphatic rings. The number of carbonyl (C=O) groups is 1. The number of fused-ring (bicyclic) bond motifs is 1. The van der Waals surface area contributed by atoms with Crippen molar-refractivity contribution in [2.24, 2.45) is 0 Å². The van der Waals surface area contributed by atoms with Crippen LogP contribution in [-0.2, 0) is 0 Å². The molecule has 2 aromatic rings. The molecule has 3 rings (SSSR count). The first-order valence-electron chi connectivity index (χ1n) is 6.69. The average Bonchev–Trinajstić information content (AvgIpc) is 2.76. The van der Waals surface area contributed by atoms with Crippen molar-refractivity contribution < 1.29 is 9.53 Å². The van der Waals surface area contributed by atoms with Gasteiger partial charge in [-0.25, -0.2) is 0 Å². The van der Waals surface area contributed by atoms with E-state index in [1.807, 2.05) is 31.2 Å². The van der Waals surface area contributed by atoms with Crippen LogP contribution in [-0.4, -0.2) is 12.4 Å². The smallest absolute Gasteiger partial charge is 0.192 e. The molecule has 0 radical (unpaired) electrons. The summed E-state index contributed by atoms with van der Waals surface area (Å²) < 4.78 is 5.76. The Morgan fingerprint density at radius 1 is 1.20 bits per heavy atom. The molecule has 0 aliphatic carbocycles. The highest BCUT2D eigenvalue weighted by Gasteiger charge is 2.22. The number of ketones is 1. The first kappa shape index (κ1) is 13.1. The lowest BCUT2D eigenvalue weighted by molar-refractivity contribution is 0.103. The molecule has 20 heavy (non-hydrogen) atoms. The van der Waals surface area contributed by atoms with E-state index in [0.717, 1.165) is 21.8 Å². The molecule has 1 aromatic carbocycles. The summed E-state index contributed by atoms with van der Waals surface area (Å²) in [5.74, 6) is 0.829. The van der Waals surface area contributed by atoms with Gasteiger partial charge in [0.1, 0.15) is 5.75 Å². The van der Waals surface area contributed by atoms with Gasteiger partial charge in [0.05, 0.1) is 12.2 Å². The molecule has 2 heterocycles. The Labute approximate surface area is 122 Å². The van der Waals surface area contributed by atoms with Crippen LogP contribution in [0.5, 0.6) is 5.75 Å². The molecule has 0 saturated carbocycles. The van der Waals surface area contributed by atoms with Gasteiger partial charge >= 0.3 is 0 Å². The topological polar surface area (TPSA) is 26.3 Å². The minimum atomic E-state index is 0.0900. The summed E-state index contributed by atoms with van der Waals surface area (Å²) in [7, 11) is 0. The van der Waals surface area contributed by atoms with Crippen LogP contribution in [0.1, 0.15) is 32.1 Å². The van der Waals surface area contributed by atoms with Gasteiger partial charge in [-0.1, -0.05) is 12.1 Å². The van der Waals surface area contributed by atoms with Crippen molar-refractivity contribution in [2.45, 2.75) is 20.3 Å². The van der Waals surface area contributed by atoms with Crippen molar-refractivity contribution in [2.75, 3.05) is 6.61 Å². The number of benzene rings is 1. The van der Waals surface area contributed by atoms with Gasteiger partial charge in [0.25, 0.3) is 0 Å². The fourth-order valence-electron chi connectivity index (χ4n) is 2.41. The third kappa shape index (κ3) is 2.41. The summed E-state index contributed by atoms with van der Waals surface area (Å²) in [6.07, 6.45) is 2.66. The maximum absolute atomic E-state index is 12.7. The Kier molecular flexibility index (Phi) is 3.45. The average molecular weight is 284 g/mol. The molecular weight excluding hydrogens is 268 g/mol. The zero-order valence-electron chi connectivity index (χ0n) is 11.6. The lowest BCUT2D eigenvalue weighted by Crippen LogP contribution is -2.02. The zero-order valence-corrected chi connectivity index (χ0v) is 12.4. The molecule has 2 nitrogen and oxygen atoms in total. The Morgan fingerprint density at radius 2 is 2.05 bits per heavy atom. The van der Waals surface area contributed by atoms with Crippen LogP contribution in [0.4, 0.5) is 0 Å². The molecule has 1 aromatic heterocycles. The third-order valence-electron chi connectivity index (χ3n) is 3.44. The first-order valence-corrected chi connectivity index (χ1v) is 7.51. The molecular formula is C17H16O2S. The van der Waals surface area contributed by atoms with Gasteiger partial charge in [0.2, 0.25) is 0 Å². The second-order valence-corrected chi connectivity index (χ2v) is 6.32. The minimum Gasteiger partial charge on any atom is -0.492 e. The van der Waals surface area contributed by atoms with E-state index >= 15 is 0 Å². The molecule has 102 valence electrons. The van der Waals surface area contributed by atoms with Gasteiger partial charge in [-0.15, -0.1) is 11.3 Å². The first-order chi connectivity index (χ1) is 9.65. The van der Waals surface area contributed by atoms with Crippen LogP contribution in [0.3, 0.4) is 0 Å². The Bertz CT molecular complexity index is 695. The fourth-order valence-corrected chi connectivity index (χ4v) is 3.26. The monoisotopic (exact) mass is 284 g/mol. The van der Waals surface area contributed by atoms with Crippen molar-refractivity contribution in [3.8, 4) is 5.75 Å². The molecule has 0 bridgehead atoms. The number of thiophene rings is 1. The fraction of sp³-hybridized carbons (Fsp3) is 0.235. The predicted octanol–water partition coefficient (Wildman–Crippen LogP) is 4.41. The molecule has 0 fully saturated rings. The van der Waals surface area contributed by atoms with E-state index in [4.69, 9.17) is 4.74 Å². The van der Waals surface area contributed by atoms with E-state index in [0.29, 0.717) is 18.6 Å². The Balaban J connectivity index is 2.03. The van der Waals surface area contributed by atoms with Crippen LogP contribution in [0.25, 0.3) is 6.08 Å². The van der Waals surface area contributed by atoms with Crippen LogP contribution in [0.2, 0.25) is 0 Å². The van der Waals surface area contributed by atoms with E-state index in [-0.39, 0.29) is 5.78 Å². The van der Waals surface area contributed by atoms with E-state index in [1.165, 1.54) is 4.88 Å². The molecule has 0 saturated heterocycles. The maximum atomic E-state index is 12.7. The molecule has 1 aliphatic heterocycles. The summed E-state index contributed by atoms with van der Waals surface area (Å²) >= 11 is 1.71. The number of Topliss-reactive ketones (excluding diaryl/α,β-unsaturated/α-hetero) is 1. The highest BCUT2D eigenvalue weighted by atomic mass is 32.1. The lowest BCUT2D eigenvalue weighted by Gasteiger charge is -2.08. The number of hydrogen-bond acceptors (Lipinski definition) is 3. The van der Waals surface area contributed by atoms with E-state index in [9.17, 15) is 4.79 Å². The molecule has 0 atom stereocenters. The highest BCUT2D eigenvalue weighted by Crippen LogP contribution is 2.31. The Hall–Kier alpha value is -1.87. The number of aryl methyl sites for hydroxylation is 2. The molecule has 0 spiro atoms. The van der Waals surface area contributed by atoms with Crippen molar-refractivity contribution in [1.82, 2.24) is 0 Å². The SMILES string of the molecule is Cc1ccc(/C=C2\CCOc3c(C)cccc3C2=O)s1. The standard InChI is InChI=1S/C17H16O2S/c1-11-4-3-5-15-16(18)13(8-9-19-17(11)15)10-14-7-6-12(2)20-14/h3-7,10H,8-9H2,1-2H3/b13-10+. The van der Waals surface area contributed by atoms with Crippen LogP contribution in [0.15, 0.2) is 35.9 Å². The number of ether oxygens (including phenoxy) is 1. The summed E-state index contributed by atoms with van der Waals surface area (Å²) in [4.78, 5) is 15.0. The van der Waals surface area contributed by atoms with Crippen LogP contribution < -0.4 is 4.74 Å². The minimum absolute atomic E-state index is 0.0900. The molecule has 0 unspecified atom stereocenters. The predicted molar refractivity (Wildman–Crippen MR) is 82.7 cm³/mol. The number of carbonyl (C=O) groups excluding carboxylic acids is 1. The molecule has 3 heteroatoms.